The first-order chi connectivity index (χ1) is 7.84. The Morgan fingerprint density at radius 1 is 1.12 bits per heavy atom. The Hall–Kier alpha value is -1.67. The summed E-state index contributed by atoms with van der Waals surface area (Å²) in [5, 5.41) is 1.87. The summed E-state index contributed by atoms with van der Waals surface area (Å²) < 4.78 is 7.46. The predicted molar refractivity (Wildman–Crippen MR) is 64.8 cm³/mol. The molecule has 2 aromatic heterocycles. The van der Waals surface area contributed by atoms with Crippen molar-refractivity contribution in [3.63, 3.8) is 0 Å². The number of hydrogen-bond acceptors (Lipinski definition) is 1. The minimum atomic E-state index is 0.733. The van der Waals surface area contributed by atoms with Crippen molar-refractivity contribution in [3.05, 3.63) is 59.6 Å². The fourth-order valence-electron chi connectivity index (χ4n) is 1.89. The van der Waals surface area contributed by atoms with Gasteiger partial charge in [-0.15, -0.1) is 0 Å². The quantitative estimate of drug-likeness (QED) is 0.653. The molecule has 2 heterocycles. The number of halogens is 1. The first kappa shape index (κ1) is 9.55. The van der Waals surface area contributed by atoms with E-state index in [0.29, 0.717) is 0 Å². The highest BCUT2D eigenvalue weighted by Gasteiger charge is 2.05. The van der Waals surface area contributed by atoms with E-state index in [1.54, 1.807) is 6.26 Å². The Morgan fingerprint density at radius 3 is 2.88 bits per heavy atom. The minimum Gasteiger partial charge on any atom is -0.467 e. The minimum absolute atomic E-state index is 0.733. The van der Waals surface area contributed by atoms with Gasteiger partial charge >= 0.3 is 0 Å². The van der Waals surface area contributed by atoms with Gasteiger partial charge in [-0.25, -0.2) is 0 Å². The molecule has 0 fully saturated rings. The third kappa shape index (κ3) is 1.51. The Balaban J connectivity index is 2.08. The zero-order valence-electron chi connectivity index (χ0n) is 8.56. The van der Waals surface area contributed by atoms with Crippen LogP contribution in [-0.4, -0.2) is 4.57 Å². The molecule has 1 aromatic carbocycles. The molecule has 3 aromatic rings. The molecule has 0 saturated heterocycles. The van der Waals surface area contributed by atoms with Crippen molar-refractivity contribution in [2.24, 2.45) is 0 Å². The maximum atomic E-state index is 6.12. The monoisotopic (exact) mass is 231 g/mol. The number of benzene rings is 1. The summed E-state index contributed by atoms with van der Waals surface area (Å²) in [4.78, 5) is 0. The van der Waals surface area contributed by atoms with Crippen LogP contribution in [-0.2, 0) is 6.54 Å². The van der Waals surface area contributed by atoms with Crippen molar-refractivity contribution >= 4 is 22.5 Å². The molecule has 80 valence electrons. The molecule has 0 aliphatic heterocycles. The van der Waals surface area contributed by atoms with Crippen molar-refractivity contribution in [1.82, 2.24) is 4.57 Å². The molecule has 0 atom stereocenters. The lowest BCUT2D eigenvalue weighted by molar-refractivity contribution is 0.497. The zero-order valence-corrected chi connectivity index (χ0v) is 9.32. The number of nitrogens with zero attached hydrogens (tertiary/aromatic N) is 1. The van der Waals surface area contributed by atoms with Crippen molar-refractivity contribution in [2.75, 3.05) is 0 Å². The molecule has 0 saturated carbocycles. The molecule has 0 aliphatic carbocycles. The van der Waals surface area contributed by atoms with Gasteiger partial charge in [0.15, 0.2) is 0 Å². The molecule has 16 heavy (non-hydrogen) atoms. The summed E-state index contributed by atoms with van der Waals surface area (Å²) in [7, 11) is 0. The van der Waals surface area contributed by atoms with E-state index in [1.165, 1.54) is 0 Å². The fraction of sp³-hybridized carbons (Fsp3) is 0.0769. The highest BCUT2D eigenvalue weighted by molar-refractivity contribution is 6.35. The third-order valence-electron chi connectivity index (χ3n) is 2.67. The second-order valence-electron chi connectivity index (χ2n) is 3.70. The van der Waals surface area contributed by atoms with Crippen molar-refractivity contribution in [3.8, 4) is 0 Å². The van der Waals surface area contributed by atoms with E-state index in [-0.39, 0.29) is 0 Å². The van der Waals surface area contributed by atoms with Gasteiger partial charge in [-0.05, 0) is 30.3 Å². The predicted octanol–water partition coefficient (Wildman–Crippen LogP) is 3.94. The van der Waals surface area contributed by atoms with Crippen LogP contribution in [0.25, 0.3) is 10.9 Å². The molecule has 0 aliphatic rings. The lowest BCUT2D eigenvalue weighted by Gasteiger charge is -2.02. The summed E-state index contributed by atoms with van der Waals surface area (Å²) in [5.74, 6) is 0.942. The van der Waals surface area contributed by atoms with E-state index in [0.717, 1.165) is 28.2 Å². The second kappa shape index (κ2) is 3.72. The molecule has 3 heteroatoms. The standard InChI is InChI=1S/C13H10ClNO/c14-12-4-1-5-13-11(12)6-7-15(13)9-10-3-2-8-16-10/h1-8H,9H2. The molecular weight excluding hydrogens is 222 g/mol. The summed E-state index contributed by atoms with van der Waals surface area (Å²) in [6, 6.07) is 11.8. The van der Waals surface area contributed by atoms with Gasteiger partial charge in [0, 0.05) is 22.1 Å². The normalized spacial score (nSPS) is 11.1. The summed E-state index contributed by atoms with van der Waals surface area (Å²) in [5.41, 5.74) is 1.13. The van der Waals surface area contributed by atoms with Crippen LogP contribution < -0.4 is 0 Å². The van der Waals surface area contributed by atoms with Gasteiger partial charge < -0.3 is 8.98 Å². The Kier molecular flexibility index (Phi) is 2.22. The smallest absolute Gasteiger partial charge is 0.123 e. The largest absolute Gasteiger partial charge is 0.467 e. The van der Waals surface area contributed by atoms with Crippen LogP contribution in [0, 0.1) is 0 Å². The van der Waals surface area contributed by atoms with Gasteiger partial charge in [0.25, 0.3) is 0 Å². The first-order valence-electron chi connectivity index (χ1n) is 5.10. The van der Waals surface area contributed by atoms with Crippen LogP contribution in [0.3, 0.4) is 0 Å². The lowest BCUT2D eigenvalue weighted by Crippen LogP contribution is -1.95. The van der Waals surface area contributed by atoms with Crippen LogP contribution in [0.5, 0.6) is 0 Å². The Bertz CT molecular complexity index is 610. The average Bonchev–Trinajstić information content (AvgIpc) is 2.90. The molecule has 0 N–H and O–H groups in total. The van der Waals surface area contributed by atoms with Gasteiger partial charge in [0.05, 0.1) is 12.8 Å². The summed E-state index contributed by atoms with van der Waals surface area (Å²) in [6.07, 6.45) is 3.72. The van der Waals surface area contributed by atoms with Crippen molar-refractivity contribution in [1.29, 1.82) is 0 Å². The molecule has 0 spiro atoms. The molecule has 0 bridgehead atoms. The van der Waals surface area contributed by atoms with Gasteiger partial charge in [0.1, 0.15) is 5.76 Å². The number of hydrogen-bond donors (Lipinski definition) is 0. The van der Waals surface area contributed by atoms with Gasteiger partial charge in [-0.1, -0.05) is 17.7 Å². The molecular formula is C13H10ClNO. The van der Waals surface area contributed by atoms with E-state index < -0.39 is 0 Å². The molecule has 0 amide bonds. The molecule has 3 rings (SSSR count). The van der Waals surface area contributed by atoms with Crippen LogP contribution in [0.1, 0.15) is 5.76 Å². The highest BCUT2D eigenvalue weighted by atomic mass is 35.5. The van der Waals surface area contributed by atoms with Gasteiger partial charge in [-0.3, -0.25) is 0 Å². The number of rotatable bonds is 2. The third-order valence-corrected chi connectivity index (χ3v) is 3.00. The summed E-state index contributed by atoms with van der Waals surface area (Å²) in [6.45, 7) is 0.733. The summed E-state index contributed by atoms with van der Waals surface area (Å²) >= 11 is 6.12. The van der Waals surface area contributed by atoms with E-state index in [4.69, 9.17) is 16.0 Å². The second-order valence-corrected chi connectivity index (χ2v) is 4.10. The number of furan rings is 1. The first-order valence-corrected chi connectivity index (χ1v) is 5.48. The fourth-order valence-corrected chi connectivity index (χ4v) is 2.13. The zero-order chi connectivity index (χ0) is 11.0. The maximum Gasteiger partial charge on any atom is 0.123 e. The van der Waals surface area contributed by atoms with Crippen molar-refractivity contribution in [2.45, 2.75) is 6.54 Å². The number of fused-ring (bicyclic) bond motifs is 1. The molecule has 2 nitrogen and oxygen atoms in total. The van der Waals surface area contributed by atoms with E-state index in [1.807, 2.05) is 36.5 Å². The SMILES string of the molecule is Clc1cccc2c1ccn2Cc1ccco1. The molecule has 0 unspecified atom stereocenters. The Labute approximate surface area is 98.1 Å². The lowest BCUT2D eigenvalue weighted by atomic mass is 10.2. The van der Waals surface area contributed by atoms with Crippen LogP contribution in [0.15, 0.2) is 53.3 Å². The Morgan fingerprint density at radius 2 is 2.06 bits per heavy atom. The van der Waals surface area contributed by atoms with Crippen LogP contribution in [0.2, 0.25) is 5.02 Å². The van der Waals surface area contributed by atoms with Gasteiger partial charge in [0.2, 0.25) is 0 Å². The van der Waals surface area contributed by atoms with E-state index in [9.17, 15) is 0 Å². The van der Waals surface area contributed by atoms with E-state index >= 15 is 0 Å². The molecule has 0 radical (unpaired) electrons. The van der Waals surface area contributed by atoms with Gasteiger partial charge in [-0.2, -0.15) is 0 Å². The highest BCUT2D eigenvalue weighted by Crippen LogP contribution is 2.24. The van der Waals surface area contributed by atoms with Crippen LogP contribution >= 0.6 is 11.6 Å². The van der Waals surface area contributed by atoms with E-state index in [2.05, 4.69) is 10.6 Å². The van der Waals surface area contributed by atoms with Crippen molar-refractivity contribution < 1.29 is 4.42 Å². The van der Waals surface area contributed by atoms with Crippen LogP contribution in [0.4, 0.5) is 0 Å². The number of aromatic nitrogens is 1. The maximum absolute atomic E-state index is 6.12. The topological polar surface area (TPSA) is 18.1 Å². The average molecular weight is 232 g/mol.